The Morgan fingerprint density at radius 3 is 2.03 bits per heavy atom. The lowest BCUT2D eigenvalue weighted by atomic mass is 9.42. The van der Waals surface area contributed by atoms with E-state index >= 15 is 0 Å². The molecule has 4 saturated carbocycles. The summed E-state index contributed by atoms with van der Waals surface area (Å²) in [6.07, 6.45) is 11.4. The molecule has 1 amide bonds. The van der Waals surface area contributed by atoms with Gasteiger partial charge in [0.1, 0.15) is 5.75 Å². The second-order valence-electron chi connectivity index (χ2n) is 11.1. The van der Waals surface area contributed by atoms with E-state index in [0.717, 1.165) is 28.8 Å². The van der Waals surface area contributed by atoms with Crippen LogP contribution in [-0.2, 0) is 15.6 Å². The normalized spacial score (nSPS) is 28.8. The number of anilines is 1. The van der Waals surface area contributed by atoms with Crippen molar-refractivity contribution < 1.29 is 9.53 Å². The van der Waals surface area contributed by atoms with Gasteiger partial charge in [-0.05, 0) is 108 Å². The summed E-state index contributed by atoms with van der Waals surface area (Å²) in [4.78, 5) is 12.5. The summed E-state index contributed by atoms with van der Waals surface area (Å²) in [5.41, 5.74) is 5.43. The third-order valence-electron chi connectivity index (χ3n) is 8.76. The van der Waals surface area contributed by atoms with Crippen molar-refractivity contribution in [2.24, 2.45) is 11.8 Å². The quantitative estimate of drug-likeness (QED) is 0.395. The zero-order valence-electron chi connectivity index (χ0n) is 20.4. The topological polar surface area (TPSA) is 38.3 Å². The highest BCUT2D eigenvalue weighted by Crippen LogP contribution is 2.66. The maximum Gasteiger partial charge on any atom is 0.248 e. The molecule has 3 heteroatoms. The second-order valence-corrected chi connectivity index (χ2v) is 11.1. The number of ether oxygens (including phenoxy) is 1. The van der Waals surface area contributed by atoms with Crippen molar-refractivity contribution in [2.45, 2.75) is 49.4 Å². The average Bonchev–Trinajstić information content (AvgIpc) is 2.88. The first-order valence-corrected chi connectivity index (χ1v) is 12.9. The molecule has 7 rings (SSSR count). The summed E-state index contributed by atoms with van der Waals surface area (Å²) in [6, 6.07) is 27.6. The molecule has 0 aliphatic heterocycles. The molecule has 0 aromatic heterocycles. The molecule has 35 heavy (non-hydrogen) atoms. The van der Waals surface area contributed by atoms with E-state index in [1.807, 2.05) is 30.3 Å². The zero-order chi connectivity index (χ0) is 23.9. The van der Waals surface area contributed by atoms with Gasteiger partial charge in [0.2, 0.25) is 5.91 Å². The Balaban J connectivity index is 1.17. The van der Waals surface area contributed by atoms with Gasteiger partial charge in [0.25, 0.3) is 0 Å². The summed E-state index contributed by atoms with van der Waals surface area (Å²) < 4.78 is 5.18. The van der Waals surface area contributed by atoms with E-state index in [9.17, 15) is 4.79 Å². The van der Waals surface area contributed by atoms with Gasteiger partial charge in [0.15, 0.2) is 0 Å². The standard InChI is InChI=1S/C32H33NO2/c1-35-29-14-7-23(8-15-29)9-16-30(34)33-28-12-10-27(11-13-28)32-20-24-17-25(21-32)19-31(18-24,22-32)26-5-3-2-4-6-26/h2-16,24-25H,17-22H2,1H3,(H,33,34). The minimum atomic E-state index is -0.119. The predicted octanol–water partition coefficient (Wildman–Crippen LogP) is 7.14. The number of carbonyl (C=O) groups is 1. The van der Waals surface area contributed by atoms with Crippen molar-refractivity contribution in [1.82, 2.24) is 0 Å². The predicted molar refractivity (Wildman–Crippen MR) is 142 cm³/mol. The molecule has 3 nitrogen and oxygen atoms in total. The number of methoxy groups -OCH3 is 1. The summed E-state index contributed by atoms with van der Waals surface area (Å²) >= 11 is 0. The van der Waals surface area contributed by atoms with E-state index < -0.39 is 0 Å². The molecule has 3 aromatic carbocycles. The van der Waals surface area contributed by atoms with Crippen LogP contribution in [0.3, 0.4) is 0 Å². The van der Waals surface area contributed by atoms with Crippen LogP contribution < -0.4 is 10.1 Å². The minimum Gasteiger partial charge on any atom is -0.497 e. The molecular weight excluding hydrogens is 430 g/mol. The van der Waals surface area contributed by atoms with Crippen molar-refractivity contribution in [1.29, 1.82) is 0 Å². The third-order valence-corrected chi connectivity index (χ3v) is 8.76. The molecule has 3 aromatic rings. The summed E-state index contributed by atoms with van der Waals surface area (Å²) in [7, 11) is 1.65. The fourth-order valence-corrected chi connectivity index (χ4v) is 7.71. The van der Waals surface area contributed by atoms with E-state index in [0.29, 0.717) is 5.41 Å². The van der Waals surface area contributed by atoms with E-state index in [-0.39, 0.29) is 11.3 Å². The summed E-state index contributed by atoms with van der Waals surface area (Å²) in [6.45, 7) is 0. The van der Waals surface area contributed by atoms with Crippen LogP contribution in [0.4, 0.5) is 5.69 Å². The van der Waals surface area contributed by atoms with Gasteiger partial charge in [0.05, 0.1) is 7.11 Å². The lowest BCUT2D eigenvalue weighted by Crippen LogP contribution is -2.55. The number of nitrogens with one attached hydrogen (secondary N) is 1. The van der Waals surface area contributed by atoms with Gasteiger partial charge in [-0.15, -0.1) is 0 Å². The summed E-state index contributed by atoms with van der Waals surface area (Å²) in [5.74, 6) is 2.35. The molecule has 0 heterocycles. The lowest BCUT2D eigenvalue weighted by molar-refractivity contribution is -0.111. The molecule has 4 aliphatic rings. The Morgan fingerprint density at radius 1 is 0.829 bits per heavy atom. The van der Waals surface area contributed by atoms with Crippen molar-refractivity contribution in [3.8, 4) is 5.75 Å². The van der Waals surface area contributed by atoms with Crippen molar-refractivity contribution in [3.63, 3.8) is 0 Å². The third kappa shape index (κ3) is 4.18. The highest BCUT2D eigenvalue weighted by Gasteiger charge is 2.58. The van der Waals surface area contributed by atoms with E-state index in [1.165, 1.54) is 44.1 Å². The fourth-order valence-electron chi connectivity index (χ4n) is 7.71. The van der Waals surface area contributed by atoms with Gasteiger partial charge in [-0.3, -0.25) is 4.79 Å². The van der Waals surface area contributed by atoms with Gasteiger partial charge in [-0.25, -0.2) is 0 Å². The van der Waals surface area contributed by atoms with Crippen LogP contribution in [-0.4, -0.2) is 13.0 Å². The number of rotatable bonds is 6. The van der Waals surface area contributed by atoms with E-state index in [4.69, 9.17) is 4.74 Å². The zero-order valence-corrected chi connectivity index (χ0v) is 20.4. The number of hydrogen-bond donors (Lipinski definition) is 1. The largest absolute Gasteiger partial charge is 0.497 e. The van der Waals surface area contributed by atoms with Crippen LogP contribution >= 0.6 is 0 Å². The van der Waals surface area contributed by atoms with Crippen molar-refractivity contribution in [3.05, 3.63) is 102 Å². The average molecular weight is 464 g/mol. The minimum absolute atomic E-state index is 0.119. The van der Waals surface area contributed by atoms with Crippen LogP contribution in [0.2, 0.25) is 0 Å². The van der Waals surface area contributed by atoms with Gasteiger partial charge in [0, 0.05) is 11.8 Å². The van der Waals surface area contributed by atoms with Crippen LogP contribution in [0, 0.1) is 11.8 Å². The Labute approximate surface area is 208 Å². The summed E-state index contributed by atoms with van der Waals surface area (Å²) in [5, 5.41) is 3.02. The maximum atomic E-state index is 12.5. The molecule has 4 bridgehead atoms. The molecule has 178 valence electrons. The Kier molecular flexibility index (Phi) is 5.51. The first-order chi connectivity index (χ1) is 17.1. The molecule has 0 spiro atoms. The first kappa shape index (κ1) is 22.2. The molecule has 2 unspecified atom stereocenters. The Bertz CT molecular complexity index is 1210. The first-order valence-electron chi connectivity index (χ1n) is 12.9. The smallest absolute Gasteiger partial charge is 0.248 e. The molecule has 0 saturated heterocycles. The Hall–Kier alpha value is -3.33. The van der Waals surface area contributed by atoms with Crippen LogP contribution in [0.25, 0.3) is 6.08 Å². The van der Waals surface area contributed by atoms with Crippen LogP contribution in [0.5, 0.6) is 5.75 Å². The van der Waals surface area contributed by atoms with Crippen LogP contribution in [0.15, 0.2) is 84.9 Å². The number of carbonyl (C=O) groups excluding carboxylic acids is 1. The highest BCUT2D eigenvalue weighted by atomic mass is 16.5. The van der Waals surface area contributed by atoms with Gasteiger partial charge in [-0.1, -0.05) is 54.6 Å². The van der Waals surface area contributed by atoms with Crippen molar-refractivity contribution >= 4 is 17.7 Å². The molecule has 2 atom stereocenters. The molecule has 1 N–H and O–H groups in total. The van der Waals surface area contributed by atoms with E-state index in [1.54, 1.807) is 18.7 Å². The maximum absolute atomic E-state index is 12.5. The van der Waals surface area contributed by atoms with E-state index in [2.05, 4.69) is 59.9 Å². The molecule has 4 aliphatic carbocycles. The highest BCUT2D eigenvalue weighted by molar-refractivity contribution is 6.01. The Morgan fingerprint density at radius 2 is 1.43 bits per heavy atom. The number of amides is 1. The number of hydrogen-bond acceptors (Lipinski definition) is 2. The van der Waals surface area contributed by atoms with Crippen LogP contribution in [0.1, 0.15) is 55.2 Å². The SMILES string of the molecule is COc1ccc(C=CC(=O)Nc2ccc(C34CC5CC(CC(c6ccccc6)(C5)C3)C4)cc2)cc1. The number of benzene rings is 3. The molecule has 4 fully saturated rings. The fraction of sp³-hybridized carbons (Fsp3) is 0.344. The molecule has 0 radical (unpaired) electrons. The monoisotopic (exact) mass is 463 g/mol. The van der Waals surface area contributed by atoms with Gasteiger partial charge in [-0.2, -0.15) is 0 Å². The van der Waals surface area contributed by atoms with Gasteiger partial charge < -0.3 is 10.1 Å². The molecular formula is C32H33NO2. The van der Waals surface area contributed by atoms with Gasteiger partial charge >= 0.3 is 0 Å². The van der Waals surface area contributed by atoms with Crippen molar-refractivity contribution in [2.75, 3.05) is 12.4 Å². The lowest BCUT2D eigenvalue weighted by Gasteiger charge is -2.62. The second kappa shape index (κ2) is 8.71.